The number of H-pyrrole nitrogens is 1. The summed E-state index contributed by atoms with van der Waals surface area (Å²) in [6.07, 6.45) is 3.38. The minimum Gasteiger partial charge on any atom is -0.465 e. The maximum Gasteiger partial charge on any atom is 0.337 e. The second kappa shape index (κ2) is 6.60. The number of allylic oxidation sites excluding steroid dienone is 2. The van der Waals surface area contributed by atoms with Crippen LogP contribution in [-0.2, 0) is 11.2 Å². The number of nitrogens with one attached hydrogen (secondary N) is 1. The van der Waals surface area contributed by atoms with E-state index in [0.29, 0.717) is 11.1 Å². The monoisotopic (exact) mass is 299 g/mol. The third-order valence-electron chi connectivity index (χ3n) is 3.46. The van der Waals surface area contributed by atoms with Gasteiger partial charge in [0, 0.05) is 16.6 Å². The standard InChI is InChI=1S/C18H21NO3/c1-5-6-14-17(16(20)9-11(2)3)13-8-7-12(18(21)22-4)10-15(13)19-14/h7-10,19H,5-6H2,1-4H3. The summed E-state index contributed by atoms with van der Waals surface area (Å²) in [5, 5.41) is 0.846. The van der Waals surface area contributed by atoms with Gasteiger partial charge in [0.1, 0.15) is 0 Å². The molecule has 1 aromatic carbocycles. The molecule has 0 fully saturated rings. The highest BCUT2D eigenvalue weighted by Gasteiger charge is 2.17. The average molecular weight is 299 g/mol. The molecule has 4 heteroatoms. The normalized spacial score (nSPS) is 10.5. The highest BCUT2D eigenvalue weighted by Crippen LogP contribution is 2.26. The predicted molar refractivity (Wildman–Crippen MR) is 87.4 cm³/mol. The maximum absolute atomic E-state index is 12.5. The summed E-state index contributed by atoms with van der Waals surface area (Å²) in [5.41, 5.74) is 3.85. The van der Waals surface area contributed by atoms with E-state index in [4.69, 9.17) is 4.74 Å². The fraction of sp³-hybridized carbons (Fsp3) is 0.333. The molecule has 2 aromatic rings. The molecule has 0 aliphatic carbocycles. The minimum atomic E-state index is -0.384. The minimum absolute atomic E-state index is 0.000480. The Morgan fingerprint density at radius 3 is 2.59 bits per heavy atom. The zero-order valence-corrected chi connectivity index (χ0v) is 13.4. The van der Waals surface area contributed by atoms with E-state index in [0.717, 1.165) is 35.0 Å². The van der Waals surface area contributed by atoms with Crippen LogP contribution in [0.1, 0.15) is 53.6 Å². The molecule has 0 aliphatic rings. The fourth-order valence-electron chi connectivity index (χ4n) is 2.55. The van der Waals surface area contributed by atoms with Gasteiger partial charge < -0.3 is 9.72 Å². The van der Waals surface area contributed by atoms with Gasteiger partial charge in [-0.15, -0.1) is 0 Å². The van der Waals surface area contributed by atoms with Gasteiger partial charge in [0.2, 0.25) is 0 Å². The number of hydrogen-bond donors (Lipinski definition) is 1. The van der Waals surface area contributed by atoms with Gasteiger partial charge in [0.05, 0.1) is 18.2 Å². The van der Waals surface area contributed by atoms with Gasteiger partial charge in [-0.3, -0.25) is 4.79 Å². The fourth-order valence-corrected chi connectivity index (χ4v) is 2.55. The summed E-state index contributed by atoms with van der Waals surface area (Å²) in [5.74, 6) is -0.383. The first-order valence-corrected chi connectivity index (χ1v) is 7.40. The van der Waals surface area contributed by atoms with Crippen LogP contribution in [0.2, 0.25) is 0 Å². The first kappa shape index (κ1) is 16.0. The first-order valence-electron chi connectivity index (χ1n) is 7.40. The van der Waals surface area contributed by atoms with Crippen molar-refractivity contribution in [2.75, 3.05) is 7.11 Å². The maximum atomic E-state index is 12.5. The molecule has 0 unspecified atom stereocenters. The van der Waals surface area contributed by atoms with Gasteiger partial charge in [-0.2, -0.15) is 0 Å². The van der Waals surface area contributed by atoms with Crippen LogP contribution < -0.4 is 0 Å². The number of methoxy groups -OCH3 is 1. The second-order valence-corrected chi connectivity index (χ2v) is 5.57. The Kier molecular flexibility index (Phi) is 4.81. The highest BCUT2D eigenvalue weighted by atomic mass is 16.5. The van der Waals surface area contributed by atoms with Crippen LogP contribution in [0.4, 0.5) is 0 Å². The van der Waals surface area contributed by atoms with Crippen LogP contribution in [0.15, 0.2) is 29.8 Å². The average Bonchev–Trinajstić information content (AvgIpc) is 2.83. The molecule has 1 heterocycles. The Labute approximate surface area is 130 Å². The molecule has 22 heavy (non-hydrogen) atoms. The number of esters is 1. The van der Waals surface area contributed by atoms with Crippen molar-refractivity contribution in [3.05, 3.63) is 46.7 Å². The van der Waals surface area contributed by atoms with Gasteiger partial charge in [-0.05, 0) is 38.5 Å². The van der Waals surface area contributed by atoms with Crippen molar-refractivity contribution in [2.45, 2.75) is 33.6 Å². The summed E-state index contributed by atoms with van der Waals surface area (Å²) in [7, 11) is 1.35. The molecule has 0 saturated heterocycles. The lowest BCUT2D eigenvalue weighted by Crippen LogP contribution is -2.01. The molecule has 0 bridgehead atoms. The van der Waals surface area contributed by atoms with Crippen LogP contribution in [0.5, 0.6) is 0 Å². The number of fused-ring (bicyclic) bond motifs is 1. The largest absolute Gasteiger partial charge is 0.465 e. The third-order valence-corrected chi connectivity index (χ3v) is 3.46. The highest BCUT2D eigenvalue weighted by molar-refractivity contribution is 6.15. The number of aryl methyl sites for hydroxylation is 1. The number of aromatic amines is 1. The SMILES string of the molecule is CCCc1[nH]c2cc(C(=O)OC)ccc2c1C(=O)C=C(C)C. The van der Waals surface area contributed by atoms with Gasteiger partial charge in [-0.25, -0.2) is 4.79 Å². The number of ether oxygens (including phenoxy) is 1. The van der Waals surface area contributed by atoms with E-state index in [9.17, 15) is 9.59 Å². The Bertz CT molecular complexity index is 749. The Morgan fingerprint density at radius 1 is 1.27 bits per heavy atom. The lowest BCUT2D eigenvalue weighted by molar-refractivity contribution is 0.0601. The number of benzene rings is 1. The molecule has 0 radical (unpaired) electrons. The second-order valence-electron chi connectivity index (χ2n) is 5.57. The number of carbonyl (C=O) groups excluding carboxylic acids is 2. The first-order chi connectivity index (χ1) is 10.5. The van der Waals surface area contributed by atoms with Gasteiger partial charge >= 0.3 is 5.97 Å². The van der Waals surface area contributed by atoms with E-state index in [-0.39, 0.29) is 11.8 Å². The summed E-state index contributed by atoms with van der Waals surface area (Å²) in [4.78, 5) is 27.4. The van der Waals surface area contributed by atoms with Gasteiger partial charge in [0.25, 0.3) is 0 Å². The molecule has 116 valence electrons. The molecular formula is C18H21NO3. The molecule has 0 atom stereocenters. The van der Waals surface area contributed by atoms with E-state index < -0.39 is 0 Å². The zero-order chi connectivity index (χ0) is 16.3. The number of ketones is 1. The summed E-state index contributed by atoms with van der Waals surface area (Å²) in [6.45, 7) is 5.88. The Morgan fingerprint density at radius 2 is 2.00 bits per heavy atom. The molecule has 1 aromatic heterocycles. The summed E-state index contributed by atoms with van der Waals surface area (Å²) < 4.78 is 4.74. The van der Waals surface area contributed by atoms with Crippen LogP contribution in [-0.4, -0.2) is 23.8 Å². The smallest absolute Gasteiger partial charge is 0.337 e. The van der Waals surface area contributed by atoms with Crippen molar-refractivity contribution in [1.82, 2.24) is 4.98 Å². The quantitative estimate of drug-likeness (QED) is 0.514. The lowest BCUT2D eigenvalue weighted by Gasteiger charge is -2.01. The topological polar surface area (TPSA) is 59.2 Å². The van der Waals surface area contributed by atoms with E-state index in [1.807, 2.05) is 19.9 Å². The van der Waals surface area contributed by atoms with Crippen molar-refractivity contribution in [1.29, 1.82) is 0 Å². The molecule has 0 saturated carbocycles. The summed E-state index contributed by atoms with van der Waals surface area (Å²) >= 11 is 0. The number of hydrogen-bond acceptors (Lipinski definition) is 3. The molecule has 1 N–H and O–H groups in total. The number of rotatable bonds is 5. The van der Waals surface area contributed by atoms with Crippen molar-refractivity contribution < 1.29 is 14.3 Å². The molecular weight excluding hydrogens is 278 g/mol. The number of aromatic nitrogens is 1. The zero-order valence-electron chi connectivity index (χ0n) is 13.4. The van der Waals surface area contributed by atoms with Crippen molar-refractivity contribution >= 4 is 22.7 Å². The molecule has 4 nitrogen and oxygen atoms in total. The predicted octanol–water partition coefficient (Wildman–Crippen LogP) is 4.06. The van der Waals surface area contributed by atoms with Crippen LogP contribution >= 0.6 is 0 Å². The Balaban J connectivity index is 2.62. The van der Waals surface area contributed by atoms with Crippen LogP contribution in [0.25, 0.3) is 10.9 Å². The van der Waals surface area contributed by atoms with Crippen molar-refractivity contribution in [2.24, 2.45) is 0 Å². The van der Waals surface area contributed by atoms with Crippen LogP contribution in [0.3, 0.4) is 0 Å². The van der Waals surface area contributed by atoms with E-state index in [1.165, 1.54) is 7.11 Å². The van der Waals surface area contributed by atoms with Crippen molar-refractivity contribution in [3.8, 4) is 0 Å². The summed E-state index contributed by atoms with van der Waals surface area (Å²) in [6, 6.07) is 5.24. The lowest BCUT2D eigenvalue weighted by atomic mass is 10.0. The van der Waals surface area contributed by atoms with Gasteiger partial charge in [-0.1, -0.05) is 25.0 Å². The molecule has 0 amide bonds. The van der Waals surface area contributed by atoms with Gasteiger partial charge in [0.15, 0.2) is 5.78 Å². The molecule has 2 rings (SSSR count). The molecule has 0 aliphatic heterocycles. The van der Waals surface area contributed by atoms with E-state index in [1.54, 1.807) is 18.2 Å². The van der Waals surface area contributed by atoms with Crippen molar-refractivity contribution in [3.63, 3.8) is 0 Å². The Hall–Kier alpha value is -2.36. The van der Waals surface area contributed by atoms with Crippen LogP contribution in [0, 0.1) is 0 Å². The van der Waals surface area contributed by atoms with E-state index >= 15 is 0 Å². The third kappa shape index (κ3) is 3.11. The molecule has 0 spiro atoms. The van der Waals surface area contributed by atoms with E-state index in [2.05, 4.69) is 11.9 Å². The number of carbonyl (C=O) groups is 2.